The Kier molecular flexibility index (Phi) is 2.49. The van der Waals surface area contributed by atoms with Gasteiger partial charge in [0.2, 0.25) is 0 Å². The fraction of sp³-hybridized carbons (Fsp3) is 0.125. The molecule has 0 bridgehead atoms. The zero-order chi connectivity index (χ0) is 8.10. The number of hydrogen-bond acceptors (Lipinski definition) is 3. The molecule has 0 spiro atoms. The number of hydrogen-bond donors (Lipinski definition) is 0. The van der Waals surface area contributed by atoms with Crippen molar-refractivity contribution >= 4 is 18.6 Å². The molecule has 0 aliphatic heterocycles. The zero-order valence-corrected chi connectivity index (χ0v) is 6.36. The summed E-state index contributed by atoms with van der Waals surface area (Å²) in [7, 11) is 0. The zero-order valence-electron chi connectivity index (χ0n) is 6.36. The molecule has 0 aliphatic rings. The number of nitrogens with zero attached hydrogens (tertiary/aromatic N) is 3. The predicted octanol–water partition coefficient (Wildman–Crippen LogP) is 1.84. The fourth-order valence-corrected chi connectivity index (χ4v) is 0.763. The highest BCUT2D eigenvalue weighted by molar-refractivity contribution is 5.60. The molecule has 3 nitrogen and oxygen atoms in total. The van der Waals surface area contributed by atoms with E-state index < -0.39 is 0 Å². The summed E-state index contributed by atoms with van der Waals surface area (Å²) in [5.74, 6) is 0.623. The molecule has 1 heterocycles. The van der Waals surface area contributed by atoms with Crippen molar-refractivity contribution in [1.29, 1.82) is 0 Å². The van der Waals surface area contributed by atoms with Crippen molar-refractivity contribution in [2.75, 3.05) is 0 Å². The van der Waals surface area contributed by atoms with E-state index in [1.165, 1.54) is 6.33 Å². The highest BCUT2D eigenvalue weighted by Gasteiger charge is 1.94. The SMILES string of the molecule is C=Nc1ncncc1/C=C\C. The van der Waals surface area contributed by atoms with Crippen LogP contribution in [0.15, 0.2) is 23.6 Å². The molecule has 0 fully saturated rings. The van der Waals surface area contributed by atoms with Crippen molar-refractivity contribution in [3.63, 3.8) is 0 Å². The van der Waals surface area contributed by atoms with Gasteiger partial charge in [0, 0.05) is 11.8 Å². The molecule has 0 aliphatic carbocycles. The Labute approximate surface area is 65.5 Å². The first kappa shape index (κ1) is 7.60. The van der Waals surface area contributed by atoms with Crippen LogP contribution in [0.2, 0.25) is 0 Å². The molecule has 3 heteroatoms. The molecule has 56 valence electrons. The number of allylic oxidation sites excluding steroid dienone is 1. The summed E-state index contributed by atoms with van der Waals surface area (Å²) in [6.07, 6.45) is 6.96. The minimum atomic E-state index is 0.623. The average Bonchev–Trinajstić information content (AvgIpc) is 2.06. The first-order chi connectivity index (χ1) is 5.38. The topological polar surface area (TPSA) is 38.1 Å². The van der Waals surface area contributed by atoms with E-state index in [-0.39, 0.29) is 0 Å². The van der Waals surface area contributed by atoms with E-state index in [2.05, 4.69) is 21.7 Å². The van der Waals surface area contributed by atoms with Gasteiger partial charge in [0.05, 0.1) is 0 Å². The molecule has 0 aromatic carbocycles. The van der Waals surface area contributed by atoms with Crippen LogP contribution in [0.25, 0.3) is 6.08 Å². The van der Waals surface area contributed by atoms with Crippen LogP contribution in [-0.4, -0.2) is 16.7 Å². The van der Waals surface area contributed by atoms with Gasteiger partial charge in [-0.25, -0.2) is 15.0 Å². The lowest BCUT2D eigenvalue weighted by atomic mass is 10.3. The van der Waals surface area contributed by atoms with E-state index >= 15 is 0 Å². The number of rotatable bonds is 2. The first-order valence-electron chi connectivity index (χ1n) is 3.28. The normalized spacial score (nSPS) is 10.3. The van der Waals surface area contributed by atoms with Crippen molar-refractivity contribution in [3.8, 4) is 0 Å². The molecular formula is C8H9N3. The monoisotopic (exact) mass is 147 g/mol. The second kappa shape index (κ2) is 3.61. The Morgan fingerprint density at radius 1 is 1.64 bits per heavy atom. The summed E-state index contributed by atoms with van der Waals surface area (Å²) in [6.45, 7) is 5.33. The largest absolute Gasteiger partial charge is 0.244 e. The summed E-state index contributed by atoms with van der Waals surface area (Å²) in [5, 5.41) is 0. The molecule has 1 aromatic rings. The smallest absolute Gasteiger partial charge is 0.161 e. The Balaban J connectivity index is 3.11. The fourth-order valence-electron chi connectivity index (χ4n) is 0.763. The Morgan fingerprint density at radius 2 is 2.45 bits per heavy atom. The maximum atomic E-state index is 3.92. The van der Waals surface area contributed by atoms with Gasteiger partial charge in [-0.1, -0.05) is 12.2 Å². The maximum Gasteiger partial charge on any atom is 0.161 e. The van der Waals surface area contributed by atoms with E-state index in [0.717, 1.165) is 5.56 Å². The maximum absolute atomic E-state index is 3.92. The molecule has 0 amide bonds. The van der Waals surface area contributed by atoms with Crippen molar-refractivity contribution < 1.29 is 0 Å². The van der Waals surface area contributed by atoms with Crippen LogP contribution < -0.4 is 0 Å². The average molecular weight is 147 g/mol. The lowest BCUT2D eigenvalue weighted by Gasteiger charge is -1.94. The van der Waals surface area contributed by atoms with Crippen LogP contribution in [-0.2, 0) is 0 Å². The highest BCUT2D eigenvalue weighted by Crippen LogP contribution is 2.13. The Bertz CT molecular complexity index is 278. The summed E-state index contributed by atoms with van der Waals surface area (Å²) < 4.78 is 0. The highest BCUT2D eigenvalue weighted by atomic mass is 14.9. The Morgan fingerprint density at radius 3 is 3.09 bits per heavy atom. The minimum absolute atomic E-state index is 0.623. The summed E-state index contributed by atoms with van der Waals surface area (Å²) >= 11 is 0. The van der Waals surface area contributed by atoms with Gasteiger partial charge in [-0.3, -0.25) is 0 Å². The van der Waals surface area contributed by atoms with E-state index in [1.807, 2.05) is 19.1 Å². The molecule has 0 unspecified atom stereocenters. The number of aliphatic imine (C=N–C) groups is 1. The lowest BCUT2D eigenvalue weighted by molar-refractivity contribution is 1.14. The van der Waals surface area contributed by atoms with Crippen LogP contribution in [0.3, 0.4) is 0 Å². The second-order valence-corrected chi connectivity index (χ2v) is 1.96. The van der Waals surface area contributed by atoms with Crippen LogP contribution in [0, 0.1) is 0 Å². The van der Waals surface area contributed by atoms with Gasteiger partial charge >= 0.3 is 0 Å². The van der Waals surface area contributed by atoms with Crippen molar-refractivity contribution in [1.82, 2.24) is 9.97 Å². The molecule has 0 atom stereocenters. The quantitative estimate of drug-likeness (QED) is 0.598. The van der Waals surface area contributed by atoms with Crippen LogP contribution in [0.5, 0.6) is 0 Å². The van der Waals surface area contributed by atoms with Gasteiger partial charge in [0.15, 0.2) is 5.82 Å². The lowest BCUT2D eigenvalue weighted by Crippen LogP contribution is -1.81. The third-order valence-electron chi connectivity index (χ3n) is 1.21. The van der Waals surface area contributed by atoms with Crippen LogP contribution in [0.1, 0.15) is 12.5 Å². The van der Waals surface area contributed by atoms with Crippen molar-refractivity contribution in [2.45, 2.75) is 6.92 Å². The minimum Gasteiger partial charge on any atom is -0.244 e. The standard InChI is InChI=1S/C8H9N3/c1-3-4-7-5-10-6-11-8(7)9-2/h3-6H,2H2,1H3/b4-3-. The second-order valence-electron chi connectivity index (χ2n) is 1.96. The van der Waals surface area contributed by atoms with E-state index in [0.29, 0.717) is 5.82 Å². The molecule has 0 saturated carbocycles. The van der Waals surface area contributed by atoms with Gasteiger partial charge in [-0.15, -0.1) is 0 Å². The van der Waals surface area contributed by atoms with E-state index in [4.69, 9.17) is 0 Å². The van der Waals surface area contributed by atoms with E-state index in [1.54, 1.807) is 6.20 Å². The van der Waals surface area contributed by atoms with Gasteiger partial charge in [-0.2, -0.15) is 0 Å². The molecule has 0 N–H and O–H groups in total. The molecule has 1 aromatic heterocycles. The van der Waals surface area contributed by atoms with Crippen molar-refractivity contribution in [2.24, 2.45) is 4.99 Å². The first-order valence-corrected chi connectivity index (χ1v) is 3.28. The van der Waals surface area contributed by atoms with Gasteiger partial charge in [-0.05, 0) is 13.6 Å². The molecule has 0 radical (unpaired) electrons. The van der Waals surface area contributed by atoms with Crippen LogP contribution >= 0.6 is 0 Å². The molecule has 11 heavy (non-hydrogen) atoms. The van der Waals surface area contributed by atoms with Crippen LogP contribution in [0.4, 0.5) is 5.82 Å². The van der Waals surface area contributed by atoms with Gasteiger partial charge in [0.1, 0.15) is 6.33 Å². The van der Waals surface area contributed by atoms with Crippen molar-refractivity contribution in [3.05, 3.63) is 24.2 Å². The van der Waals surface area contributed by atoms with Gasteiger partial charge in [0.25, 0.3) is 0 Å². The molecule has 0 saturated heterocycles. The summed E-state index contributed by atoms with van der Waals surface area (Å²) in [5.41, 5.74) is 0.894. The van der Waals surface area contributed by atoms with E-state index in [9.17, 15) is 0 Å². The summed E-state index contributed by atoms with van der Waals surface area (Å²) in [4.78, 5) is 11.5. The third kappa shape index (κ3) is 1.70. The Hall–Kier alpha value is -1.51. The molecular weight excluding hydrogens is 138 g/mol. The predicted molar refractivity (Wildman–Crippen MR) is 45.9 cm³/mol. The third-order valence-corrected chi connectivity index (χ3v) is 1.21. The number of aromatic nitrogens is 2. The van der Waals surface area contributed by atoms with Gasteiger partial charge < -0.3 is 0 Å². The summed E-state index contributed by atoms with van der Waals surface area (Å²) in [6, 6.07) is 0. The molecule has 1 rings (SSSR count).